The second kappa shape index (κ2) is 11.4. The van der Waals surface area contributed by atoms with Gasteiger partial charge in [-0.1, -0.05) is 36.8 Å². The van der Waals surface area contributed by atoms with Gasteiger partial charge in [0.05, 0.1) is 31.2 Å². The van der Waals surface area contributed by atoms with E-state index in [1.54, 1.807) is 40.2 Å². The maximum Gasteiger partial charge on any atom is 0.242 e. The van der Waals surface area contributed by atoms with Crippen LogP contribution in [0.25, 0.3) is 10.9 Å². The van der Waals surface area contributed by atoms with E-state index in [0.29, 0.717) is 28.8 Å². The van der Waals surface area contributed by atoms with E-state index in [0.717, 1.165) is 11.2 Å². The standard InChI is InChI=1S/C29H30ClFN6O3Si/c1-18(38)23-13-36(25-8-7-20(9-22(23)25)35-21-11-32-16-33-12-21)14-27(39)37-17-41(2,3)15-26(37)29(40)34-10-19-5-4-6-24(30)28(19)31/h4-9,11-13,16,26,35H,10,14-15,17H2,1-3H3,(H,34,40)/t26-/m0/s1. The lowest BCUT2D eigenvalue weighted by Crippen LogP contribution is -2.46. The molecule has 0 spiro atoms. The van der Waals surface area contributed by atoms with Crippen molar-refractivity contribution in [1.82, 2.24) is 24.8 Å². The van der Waals surface area contributed by atoms with Crippen molar-refractivity contribution in [2.75, 3.05) is 11.5 Å². The lowest BCUT2D eigenvalue weighted by molar-refractivity contribution is -0.138. The van der Waals surface area contributed by atoms with Crippen LogP contribution in [0, 0.1) is 5.82 Å². The Morgan fingerprint density at radius 1 is 1.12 bits per heavy atom. The number of hydrogen-bond acceptors (Lipinski definition) is 6. The van der Waals surface area contributed by atoms with Gasteiger partial charge in [0.25, 0.3) is 0 Å². The molecular weight excluding hydrogens is 563 g/mol. The van der Waals surface area contributed by atoms with Crippen molar-refractivity contribution in [3.05, 3.63) is 83.3 Å². The lowest BCUT2D eigenvalue weighted by atomic mass is 10.1. The number of carbonyl (C=O) groups excluding carboxylic acids is 3. The highest BCUT2D eigenvalue weighted by Gasteiger charge is 2.44. The van der Waals surface area contributed by atoms with Crippen LogP contribution in [0.3, 0.4) is 0 Å². The van der Waals surface area contributed by atoms with Crippen LogP contribution >= 0.6 is 11.6 Å². The number of fused-ring (bicyclic) bond motifs is 1. The summed E-state index contributed by atoms with van der Waals surface area (Å²) in [7, 11) is -1.88. The summed E-state index contributed by atoms with van der Waals surface area (Å²) in [4.78, 5) is 49.1. The van der Waals surface area contributed by atoms with Crippen LogP contribution in [-0.4, -0.2) is 57.3 Å². The highest BCUT2D eigenvalue weighted by molar-refractivity contribution is 6.79. The zero-order valence-corrected chi connectivity index (χ0v) is 24.7. The average molecular weight is 593 g/mol. The number of benzene rings is 2. The lowest BCUT2D eigenvalue weighted by Gasteiger charge is -2.25. The molecule has 0 saturated carbocycles. The van der Waals surface area contributed by atoms with Crippen LogP contribution in [-0.2, 0) is 22.7 Å². The minimum atomic E-state index is -1.88. The molecule has 1 aliphatic heterocycles. The fourth-order valence-corrected chi connectivity index (χ4v) is 8.40. The summed E-state index contributed by atoms with van der Waals surface area (Å²) in [6.07, 6.45) is 6.95. The number of Topliss-reactive ketones (excluding diaryl/α,β-unsaturated/α-hetero) is 1. The van der Waals surface area contributed by atoms with Gasteiger partial charge in [-0.3, -0.25) is 14.4 Å². The predicted molar refractivity (Wildman–Crippen MR) is 158 cm³/mol. The molecule has 2 amide bonds. The zero-order chi connectivity index (χ0) is 29.3. The molecule has 1 fully saturated rings. The number of aromatic nitrogens is 3. The molecule has 9 nitrogen and oxygen atoms in total. The van der Waals surface area contributed by atoms with Crippen molar-refractivity contribution in [3.63, 3.8) is 0 Å². The van der Waals surface area contributed by atoms with Crippen LogP contribution in [0.1, 0.15) is 22.8 Å². The molecule has 2 N–H and O–H groups in total. The quantitative estimate of drug-likeness (QED) is 0.221. The van der Waals surface area contributed by atoms with Crippen LogP contribution in [0.2, 0.25) is 24.2 Å². The minimum Gasteiger partial charge on any atom is -0.353 e. The number of nitrogens with one attached hydrogen (secondary N) is 2. The summed E-state index contributed by atoms with van der Waals surface area (Å²) in [6, 6.07) is 10.2. The largest absolute Gasteiger partial charge is 0.353 e. The van der Waals surface area contributed by atoms with Crippen molar-refractivity contribution in [2.45, 2.75) is 45.2 Å². The first-order chi connectivity index (χ1) is 19.5. The predicted octanol–water partition coefficient (Wildman–Crippen LogP) is 4.94. The maximum atomic E-state index is 14.3. The molecule has 0 bridgehead atoms. The van der Waals surface area contributed by atoms with Gasteiger partial charge in [0, 0.05) is 46.6 Å². The molecule has 1 atom stereocenters. The Labute approximate surface area is 242 Å². The zero-order valence-electron chi connectivity index (χ0n) is 22.9. The van der Waals surface area contributed by atoms with E-state index < -0.39 is 19.9 Å². The number of halogens is 2. The molecule has 41 heavy (non-hydrogen) atoms. The van der Waals surface area contributed by atoms with Gasteiger partial charge in [0.2, 0.25) is 11.8 Å². The Morgan fingerprint density at radius 2 is 1.88 bits per heavy atom. The van der Waals surface area contributed by atoms with E-state index in [1.165, 1.54) is 19.3 Å². The first-order valence-corrected chi connectivity index (χ1v) is 17.0. The number of ketones is 1. The van der Waals surface area contributed by atoms with Crippen LogP contribution in [0.5, 0.6) is 0 Å². The molecule has 0 unspecified atom stereocenters. The van der Waals surface area contributed by atoms with E-state index in [-0.39, 0.29) is 41.3 Å². The third-order valence-corrected chi connectivity index (χ3v) is 10.2. The van der Waals surface area contributed by atoms with Crippen molar-refractivity contribution in [3.8, 4) is 0 Å². The third kappa shape index (κ3) is 6.15. The Balaban J connectivity index is 1.36. The smallest absolute Gasteiger partial charge is 0.242 e. The van der Waals surface area contributed by atoms with Gasteiger partial charge < -0.3 is 20.1 Å². The summed E-state index contributed by atoms with van der Waals surface area (Å²) in [5, 5.41) is 6.72. The fraction of sp³-hybridized carbons (Fsp3) is 0.276. The normalized spacial score (nSPS) is 16.1. The van der Waals surface area contributed by atoms with Gasteiger partial charge in [-0.2, -0.15) is 0 Å². The summed E-state index contributed by atoms with van der Waals surface area (Å²) < 4.78 is 16.1. The summed E-state index contributed by atoms with van der Waals surface area (Å²) in [6.45, 7) is 5.72. The molecule has 0 radical (unpaired) electrons. The average Bonchev–Trinajstić information content (AvgIpc) is 3.46. The van der Waals surface area contributed by atoms with Crippen molar-refractivity contribution in [1.29, 1.82) is 0 Å². The number of anilines is 2. The topological polar surface area (TPSA) is 109 Å². The van der Waals surface area contributed by atoms with Gasteiger partial charge in [-0.15, -0.1) is 0 Å². The Kier molecular flexibility index (Phi) is 7.92. The molecule has 0 aliphatic carbocycles. The van der Waals surface area contributed by atoms with Gasteiger partial charge in [0.1, 0.15) is 24.7 Å². The van der Waals surface area contributed by atoms with Gasteiger partial charge in [0.15, 0.2) is 5.78 Å². The minimum absolute atomic E-state index is 0.0103. The molecule has 212 valence electrons. The number of amides is 2. The maximum absolute atomic E-state index is 14.3. The number of carbonyl (C=O) groups is 3. The van der Waals surface area contributed by atoms with Gasteiger partial charge in [-0.05, 0) is 37.2 Å². The second-order valence-corrected chi connectivity index (χ2v) is 16.5. The molecule has 12 heteroatoms. The van der Waals surface area contributed by atoms with Crippen molar-refractivity contribution < 1.29 is 18.8 Å². The van der Waals surface area contributed by atoms with Crippen molar-refractivity contribution in [2.24, 2.45) is 0 Å². The molecule has 1 saturated heterocycles. The monoisotopic (exact) mass is 592 g/mol. The van der Waals surface area contributed by atoms with Crippen LogP contribution in [0.4, 0.5) is 15.8 Å². The Morgan fingerprint density at radius 3 is 2.61 bits per heavy atom. The van der Waals surface area contributed by atoms with Crippen LogP contribution < -0.4 is 10.6 Å². The molecule has 4 aromatic rings. The van der Waals surface area contributed by atoms with Crippen LogP contribution in [0.15, 0.2) is 61.3 Å². The van der Waals surface area contributed by atoms with Crippen molar-refractivity contribution >= 4 is 59.6 Å². The summed E-state index contributed by atoms with van der Waals surface area (Å²) in [5.74, 6) is -1.23. The van der Waals surface area contributed by atoms with Gasteiger partial charge >= 0.3 is 0 Å². The second-order valence-electron chi connectivity index (χ2n) is 11.0. The van der Waals surface area contributed by atoms with Gasteiger partial charge in [-0.25, -0.2) is 14.4 Å². The number of hydrogen-bond donors (Lipinski definition) is 2. The first kappa shape index (κ1) is 28.4. The highest BCUT2D eigenvalue weighted by atomic mass is 35.5. The van der Waals surface area contributed by atoms with E-state index in [4.69, 9.17) is 11.6 Å². The Bertz CT molecular complexity index is 1640. The van der Waals surface area contributed by atoms with E-state index in [1.807, 2.05) is 18.2 Å². The first-order valence-electron chi connectivity index (χ1n) is 13.2. The molecule has 2 aromatic heterocycles. The molecule has 5 rings (SSSR count). The van der Waals surface area contributed by atoms with E-state index in [9.17, 15) is 18.8 Å². The molecule has 1 aliphatic rings. The SMILES string of the molecule is CC(=O)c1cn(CC(=O)N2C[Si](C)(C)C[C@H]2C(=O)NCc2cccc(Cl)c2F)c2ccc(Nc3cncnc3)cc12. The molecule has 3 heterocycles. The van der Waals surface area contributed by atoms with E-state index >= 15 is 0 Å². The Hall–Kier alpha value is -4.09. The molecule has 2 aromatic carbocycles. The number of nitrogens with zero attached hydrogens (tertiary/aromatic N) is 4. The highest BCUT2D eigenvalue weighted by Crippen LogP contribution is 2.30. The summed E-state index contributed by atoms with van der Waals surface area (Å²) in [5.41, 5.74) is 2.96. The fourth-order valence-electron chi connectivity index (χ4n) is 5.30. The molecular formula is C29H30ClFN6O3Si. The third-order valence-electron chi connectivity index (χ3n) is 7.24. The van der Waals surface area contributed by atoms with E-state index in [2.05, 4.69) is 33.7 Å². The summed E-state index contributed by atoms with van der Waals surface area (Å²) >= 11 is 5.88. The number of rotatable bonds is 8.